The van der Waals surface area contributed by atoms with Gasteiger partial charge in [0.25, 0.3) is 5.91 Å². The summed E-state index contributed by atoms with van der Waals surface area (Å²) in [7, 11) is 0. The van der Waals surface area contributed by atoms with Gasteiger partial charge in [0.05, 0.1) is 5.92 Å². The van der Waals surface area contributed by atoms with Crippen molar-refractivity contribution in [2.45, 2.75) is 12.8 Å². The number of amides is 1. The maximum Gasteiger partial charge on any atom is 0.341 e. The molecule has 2 unspecified atom stereocenters. The fourth-order valence-corrected chi connectivity index (χ4v) is 2.88. The molecule has 1 aromatic carbocycles. The fraction of sp³-hybridized carbons (Fsp3) is 0.222. The molecule has 1 aliphatic carbocycles. The van der Waals surface area contributed by atoms with Crippen LogP contribution in [-0.2, 0) is 14.4 Å². The summed E-state index contributed by atoms with van der Waals surface area (Å²) in [5.74, 6) is -2.89. The minimum atomic E-state index is -1.34. The Bertz CT molecular complexity index is 758. The van der Waals surface area contributed by atoms with E-state index in [0.717, 1.165) is 5.56 Å². The van der Waals surface area contributed by atoms with E-state index in [1.807, 2.05) is 42.5 Å². The molecule has 1 amide bonds. The Morgan fingerprint density at radius 3 is 2.61 bits per heavy atom. The molecule has 1 fully saturated rings. The van der Waals surface area contributed by atoms with Gasteiger partial charge < -0.3 is 5.11 Å². The van der Waals surface area contributed by atoms with Crippen LogP contribution in [0.1, 0.15) is 18.4 Å². The number of hydrogen-bond acceptors (Lipinski definition) is 3. The van der Waals surface area contributed by atoms with Crippen LogP contribution in [0.3, 0.4) is 0 Å². The number of aliphatic carboxylic acids is 1. The normalized spacial score (nSPS) is 24.2. The number of aliphatic imine (C=N–C) groups is 1. The van der Waals surface area contributed by atoms with E-state index in [9.17, 15) is 14.4 Å². The second-order valence-corrected chi connectivity index (χ2v) is 5.68. The minimum absolute atomic E-state index is 0.0229. The van der Waals surface area contributed by atoms with Gasteiger partial charge in [0, 0.05) is 12.1 Å². The third kappa shape index (κ3) is 3.18. The number of carbonyl (C=O) groups is 3. The standard InChI is InChI=1S/C18H15NO4/c20-16-9-12(7-6-11-4-2-1-3-5-11)8-15-13(16)10-14(18(22)23)17(21)19-15/h1-7,10,12-13H,8-9H2,(H,22,23)/b7-6+. The van der Waals surface area contributed by atoms with E-state index >= 15 is 0 Å². The Morgan fingerprint density at radius 2 is 1.91 bits per heavy atom. The molecule has 3 rings (SSSR count). The summed E-state index contributed by atoms with van der Waals surface area (Å²) in [6.45, 7) is 0. The molecule has 2 atom stereocenters. The number of fused-ring (bicyclic) bond motifs is 1. The molecule has 1 heterocycles. The number of benzene rings is 1. The number of carboxylic acids is 1. The highest BCUT2D eigenvalue weighted by Gasteiger charge is 2.36. The molecule has 116 valence electrons. The molecule has 5 nitrogen and oxygen atoms in total. The van der Waals surface area contributed by atoms with Crippen LogP contribution in [0, 0.1) is 11.8 Å². The first-order valence-corrected chi connectivity index (χ1v) is 7.37. The molecule has 1 aliphatic heterocycles. The van der Waals surface area contributed by atoms with Crippen molar-refractivity contribution in [3.63, 3.8) is 0 Å². The maximum absolute atomic E-state index is 12.3. The lowest BCUT2D eigenvalue weighted by Gasteiger charge is -2.27. The Hall–Kier alpha value is -2.82. The summed E-state index contributed by atoms with van der Waals surface area (Å²) in [4.78, 5) is 38.8. The van der Waals surface area contributed by atoms with Crippen LogP contribution in [0.2, 0.25) is 0 Å². The highest BCUT2D eigenvalue weighted by Crippen LogP contribution is 2.30. The lowest BCUT2D eigenvalue weighted by Crippen LogP contribution is -2.36. The van der Waals surface area contributed by atoms with Gasteiger partial charge in [-0.3, -0.25) is 9.59 Å². The predicted octanol–water partition coefficient (Wildman–Crippen LogP) is 2.29. The summed E-state index contributed by atoms with van der Waals surface area (Å²) in [6.07, 6.45) is 5.96. The van der Waals surface area contributed by atoms with Crippen LogP contribution in [0.25, 0.3) is 6.08 Å². The van der Waals surface area contributed by atoms with Crippen molar-refractivity contribution in [1.82, 2.24) is 0 Å². The summed E-state index contributed by atoms with van der Waals surface area (Å²) >= 11 is 0. The topological polar surface area (TPSA) is 83.8 Å². The lowest BCUT2D eigenvalue weighted by molar-refractivity contribution is -0.134. The monoisotopic (exact) mass is 309 g/mol. The fourth-order valence-electron chi connectivity index (χ4n) is 2.88. The molecule has 1 aromatic rings. The number of carbonyl (C=O) groups excluding carboxylic acids is 2. The van der Waals surface area contributed by atoms with Gasteiger partial charge in [0.2, 0.25) is 0 Å². The van der Waals surface area contributed by atoms with Gasteiger partial charge in [-0.05, 0) is 24.0 Å². The van der Waals surface area contributed by atoms with Crippen molar-refractivity contribution in [1.29, 1.82) is 0 Å². The first kappa shape index (κ1) is 15.1. The molecule has 1 saturated carbocycles. The minimum Gasteiger partial charge on any atom is -0.478 e. The summed E-state index contributed by atoms with van der Waals surface area (Å²) in [6, 6.07) is 9.73. The summed E-state index contributed by atoms with van der Waals surface area (Å²) in [5.41, 5.74) is 1.10. The highest BCUT2D eigenvalue weighted by atomic mass is 16.4. The largest absolute Gasteiger partial charge is 0.478 e. The van der Waals surface area contributed by atoms with Crippen LogP contribution in [0.5, 0.6) is 0 Å². The number of ketones is 1. The average Bonchev–Trinajstić information content (AvgIpc) is 2.53. The zero-order valence-electron chi connectivity index (χ0n) is 12.3. The third-order valence-corrected chi connectivity index (χ3v) is 4.04. The number of allylic oxidation sites excluding steroid dienone is 2. The van der Waals surface area contributed by atoms with Gasteiger partial charge in [-0.15, -0.1) is 0 Å². The first-order chi connectivity index (χ1) is 11.0. The molecular weight excluding hydrogens is 294 g/mol. The maximum atomic E-state index is 12.3. The Labute approximate surface area is 133 Å². The zero-order chi connectivity index (χ0) is 16.4. The zero-order valence-corrected chi connectivity index (χ0v) is 12.3. The smallest absolute Gasteiger partial charge is 0.341 e. The van der Waals surface area contributed by atoms with Crippen LogP contribution >= 0.6 is 0 Å². The van der Waals surface area contributed by atoms with Gasteiger partial charge in [0.1, 0.15) is 11.4 Å². The van der Waals surface area contributed by atoms with Crippen molar-refractivity contribution >= 4 is 29.4 Å². The Kier molecular flexibility index (Phi) is 4.02. The highest BCUT2D eigenvalue weighted by molar-refractivity contribution is 6.25. The van der Waals surface area contributed by atoms with E-state index in [0.29, 0.717) is 18.6 Å². The summed E-state index contributed by atoms with van der Waals surface area (Å²) < 4.78 is 0. The molecule has 0 saturated heterocycles. The van der Waals surface area contributed by atoms with Gasteiger partial charge in [-0.25, -0.2) is 9.79 Å². The van der Waals surface area contributed by atoms with Crippen molar-refractivity contribution in [2.24, 2.45) is 16.8 Å². The van der Waals surface area contributed by atoms with Crippen molar-refractivity contribution in [3.8, 4) is 0 Å². The van der Waals surface area contributed by atoms with E-state index < -0.39 is 23.4 Å². The molecule has 0 radical (unpaired) electrons. The number of hydrogen-bond donors (Lipinski definition) is 1. The Morgan fingerprint density at radius 1 is 1.17 bits per heavy atom. The van der Waals surface area contributed by atoms with Crippen molar-refractivity contribution in [3.05, 3.63) is 53.6 Å². The molecule has 23 heavy (non-hydrogen) atoms. The summed E-state index contributed by atoms with van der Waals surface area (Å²) in [5, 5.41) is 8.97. The predicted molar refractivity (Wildman–Crippen MR) is 84.9 cm³/mol. The van der Waals surface area contributed by atoms with E-state index in [2.05, 4.69) is 4.99 Å². The van der Waals surface area contributed by atoms with E-state index in [-0.39, 0.29) is 11.7 Å². The van der Waals surface area contributed by atoms with Gasteiger partial charge in [0.15, 0.2) is 0 Å². The van der Waals surface area contributed by atoms with Gasteiger partial charge >= 0.3 is 5.97 Å². The number of Topliss-reactive ketones (excluding diaryl/α,β-unsaturated/α-hetero) is 1. The van der Waals surface area contributed by atoms with E-state index in [4.69, 9.17) is 5.11 Å². The molecule has 0 bridgehead atoms. The second-order valence-electron chi connectivity index (χ2n) is 5.68. The van der Waals surface area contributed by atoms with Crippen LogP contribution in [0.4, 0.5) is 0 Å². The average molecular weight is 309 g/mol. The number of dihydropyridines is 1. The molecule has 1 N–H and O–H groups in total. The lowest BCUT2D eigenvalue weighted by atomic mass is 9.77. The molecule has 0 spiro atoms. The molecule has 5 heteroatoms. The number of rotatable bonds is 3. The third-order valence-electron chi connectivity index (χ3n) is 4.04. The number of carboxylic acid groups (broad SMARTS) is 1. The molecular formula is C18H15NO4. The van der Waals surface area contributed by atoms with Crippen LogP contribution in [-0.4, -0.2) is 28.5 Å². The van der Waals surface area contributed by atoms with E-state index in [1.165, 1.54) is 6.08 Å². The Balaban J connectivity index is 1.78. The molecule has 0 aromatic heterocycles. The molecule has 2 aliphatic rings. The second kappa shape index (κ2) is 6.12. The number of nitrogens with zero attached hydrogens (tertiary/aromatic N) is 1. The SMILES string of the molecule is O=C(O)C1=CC2C(=O)CC(/C=C/c3ccccc3)CC2=NC1=O. The van der Waals surface area contributed by atoms with Crippen molar-refractivity contribution < 1.29 is 19.5 Å². The first-order valence-electron chi connectivity index (χ1n) is 7.37. The van der Waals surface area contributed by atoms with Gasteiger partial charge in [-0.2, -0.15) is 0 Å². The van der Waals surface area contributed by atoms with Crippen molar-refractivity contribution in [2.75, 3.05) is 0 Å². The van der Waals surface area contributed by atoms with Crippen LogP contribution in [0.15, 0.2) is 53.0 Å². The van der Waals surface area contributed by atoms with Gasteiger partial charge in [-0.1, -0.05) is 42.5 Å². The van der Waals surface area contributed by atoms with E-state index in [1.54, 1.807) is 0 Å². The quantitative estimate of drug-likeness (QED) is 0.868. The van der Waals surface area contributed by atoms with Crippen LogP contribution < -0.4 is 0 Å².